The van der Waals surface area contributed by atoms with Crippen molar-refractivity contribution in [1.82, 2.24) is 0 Å². The fourth-order valence-corrected chi connectivity index (χ4v) is 3.98. The van der Waals surface area contributed by atoms with Crippen LogP contribution in [0.4, 0.5) is 5.69 Å². The van der Waals surface area contributed by atoms with Gasteiger partial charge < -0.3 is 15.0 Å². The third-order valence-electron chi connectivity index (χ3n) is 3.51. The number of aliphatic carboxylic acids is 1. The third kappa shape index (κ3) is 3.97. The van der Waals surface area contributed by atoms with Gasteiger partial charge in [-0.2, -0.15) is 0 Å². The van der Waals surface area contributed by atoms with Crippen LogP contribution in [0.2, 0.25) is 0 Å². The van der Waals surface area contributed by atoms with Gasteiger partial charge in [0.15, 0.2) is 0 Å². The molecule has 0 bridgehead atoms. The molecule has 2 aromatic carbocycles. The minimum absolute atomic E-state index is 0.117. The Morgan fingerprint density at radius 2 is 1.84 bits per heavy atom. The molecule has 0 aromatic heterocycles. The molecule has 0 radical (unpaired) electrons. The molecule has 2 rings (SSSR count). The number of carbonyl (C=O) groups is 2. The molecule has 0 aliphatic heterocycles. The lowest BCUT2D eigenvalue weighted by Gasteiger charge is -2.29. The summed E-state index contributed by atoms with van der Waals surface area (Å²) in [6.07, 6.45) is -0.487. The van der Waals surface area contributed by atoms with E-state index < -0.39 is 28.5 Å². The SMILES string of the molecule is Cc1ccc(O)c(N(C(C=O)CC(=O)O)S(=O)(=O)c2ccccc2)c1. The molecule has 132 valence electrons. The molecular formula is C17H17NO6S. The van der Waals surface area contributed by atoms with E-state index in [1.165, 1.54) is 36.4 Å². The predicted octanol–water partition coefficient (Wildman–Crippen LogP) is 1.94. The van der Waals surface area contributed by atoms with E-state index in [1.54, 1.807) is 19.1 Å². The van der Waals surface area contributed by atoms with Crippen LogP contribution in [0.3, 0.4) is 0 Å². The summed E-state index contributed by atoms with van der Waals surface area (Å²) in [6.45, 7) is 1.68. The average Bonchev–Trinajstić information content (AvgIpc) is 2.57. The number of nitrogens with zero attached hydrogens (tertiary/aromatic N) is 1. The molecule has 1 unspecified atom stereocenters. The first-order chi connectivity index (χ1) is 11.8. The first kappa shape index (κ1) is 18.5. The summed E-state index contributed by atoms with van der Waals surface area (Å²) in [4.78, 5) is 22.4. The minimum Gasteiger partial charge on any atom is -0.506 e. The molecular weight excluding hydrogens is 346 g/mol. The summed E-state index contributed by atoms with van der Waals surface area (Å²) >= 11 is 0. The molecule has 0 fully saturated rings. The van der Waals surface area contributed by atoms with E-state index in [2.05, 4.69) is 0 Å². The predicted molar refractivity (Wildman–Crippen MR) is 91.1 cm³/mol. The molecule has 0 saturated heterocycles. The number of phenolic OH excluding ortho intramolecular Hbond substituents is 1. The lowest BCUT2D eigenvalue weighted by Crippen LogP contribution is -2.42. The summed E-state index contributed by atoms with van der Waals surface area (Å²) in [5.74, 6) is -1.71. The topological polar surface area (TPSA) is 112 Å². The Morgan fingerprint density at radius 3 is 2.40 bits per heavy atom. The molecule has 0 spiro atoms. The van der Waals surface area contributed by atoms with Crippen molar-refractivity contribution in [3.8, 4) is 5.75 Å². The van der Waals surface area contributed by atoms with Crippen molar-refractivity contribution < 1.29 is 28.2 Å². The number of hydrogen-bond donors (Lipinski definition) is 2. The van der Waals surface area contributed by atoms with Gasteiger partial charge >= 0.3 is 5.97 Å². The number of phenols is 1. The molecule has 0 saturated carbocycles. The van der Waals surface area contributed by atoms with Crippen molar-refractivity contribution >= 4 is 28.0 Å². The first-order valence-corrected chi connectivity index (χ1v) is 8.77. The number of sulfonamides is 1. The van der Waals surface area contributed by atoms with Crippen molar-refractivity contribution in [3.05, 3.63) is 54.1 Å². The fourth-order valence-electron chi connectivity index (χ4n) is 2.37. The van der Waals surface area contributed by atoms with Gasteiger partial charge in [0.05, 0.1) is 17.0 Å². The van der Waals surface area contributed by atoms with Crippen LogP contribution in [0, 0.1) is 6.92 Å². The van der Waals surface area contributed by atoms with Crippen molar-refractivity contribution in [2.45, 2.75) is 24.3 Å². The monoisotopic (exact) mass is 363 g/mol. The highest BCUT2D eigenvalue weighted by atomic mass is 32.2. The number of benzene rings is 2. The average molecular weight is 363 g/mol. The van der Waals surface area contributed by atoms with Crippen LogP contribution < -0.4 is 4.31 Å². The summed E-state index contributed by atoms with van der Waals surface area (Å²) in [7, 11) is -4.27. The summed E-state index contributed by atoms with van der Waals surface area (Å²) in [5.41, 5.74) is 0.489. The van der Waals surface area contributed by atoms with Crippen LogP contribution in [0.5, 0.6) is 5.75 Å². The molecule has 25 heavy (non-hydrogen) atoms. The van der Waals surface area contributed by atoms with Gasteiger partial charge in [0.2, 0.25) is 0 Å². The zero-order valence-electron chi connectivity index (χ0n) is 13.4. The summed E-state index contributed by atoms with van der Waals surface area (Å²) in [5, 5.41) is 19.2. The van der Waals surface area contributed by atoms with Crippen LogP contribution in [0.1, 0.15) is 12.0 Å². The van der Waals surface area contributed by atoms with Gasteiger partial charge in [-0.1, -0.05) is 24.3 Å². The quantitative estimate of drug-likeness (QED) is 0.727. The Balaban J connectivity index is 2.70. The second-order valence-electron chi connectivity index (χ2n) is 5.41. The second-order valence-corrected chi connectivity index (χ2v) is 7.22. The summed E-state index contributed by atoms with van der Waals surface area (Å²) in [6, 6.07) is 10.0. The number of aldehydes is 1. The first-order valence-electron chi connectivity index (χ1n) is 7.33. The van der Waals surface area contributed by atoms with Crippen molar-refractivity contribution in [1.29, 1.82) is 0 Å². The minimum atomic E-state index is -4.27. The Morgan fingerprint density at radius 1 is 1.20 bits per heavy atom. The van der Waals surface area contributed by atoms with Gasteiger partial charge in [-0.25, -0.2) is 8.42 Å². The van der Waals surface area contributed by atoms with E-state index in [4.69, 9.17) is 5.11 Å². The standard InChI is InChI=1S/C17H17NO6S/c1-12-7-8-16(20)15(9-12)18(13(11-19)10-17(21)22)25(23,24)14-5-3-2-4-6-14/h2-9,11,13,20H,10H2,1H3,(H,21,22). The molecule has 8 heteroatoms. The Hall–Kier alpha value is -2.87. The molecule has 0 aliphatic carbocycles. The van der Waals surface area contributed by atoms with Gasteiger partial charge in [0.1, 0.15) is 18.1 Å². The largest absolute Gasteiger partial charge is 0.506 e. The number of hydrogen-bond acceptors (Lipinski definition) is 5. The highest BCUT2D eigenvalue weighted by Gasteiger charge is 2.34. The van der Waals surface area contributed by atoms with Crippen molar-refractivity contribution in [2.75, 3.05) is 4.31 Å². The van der Waals surface area contributed by atoms with Crippen LogP contribution in [-0.4, -0.2) is 36.9 Å². The molecule has 0 aliphatic rings. The Bertz CT molecular complexity index is 879. The Kier molecular flexibility index (Phi) is 5.43. The van der Waals surface area contributed by atoms with Gasteiger partial charge in [-0.15, -0.1) is 0 Å². The third-order valence-corrected chi connectivity index (χ3v) is 5.36. The lowest BCUT2D eigenvalue weighted by molar-refractivity contribution is -0.138. The highest BCUT2D eigenvalue weighted by molar-refractivity contribution is 7.93. The molecule has 7 nitrogen and oxygen atoms in total. The molecule has 2 N–H and O–H groups in total. The van der Waals surface area contributed by atoms with E-state index in [0.29, 0.717) is 9.87 Å². The molecule has 1 atom stereocenters. The van der Waals surface area contributed by atoms with E-state index in [9.17, 15) is 23.1 Å². The number of anilines is 1. The van der Waals surface area contributed by atoms with E-state index in [1.807, 2.05) is 0 Å². The second kappa shape index (κ2) is 7.35. The summed E-state index contributed by atoms with van der Waals surface area (Å²) < 4.78 is 26.7. The fraction of sp³-hybridized carbons (Fsp3) is 0.176. The smallest absolute Gasteiger partial charge is 0.305 e. The van der Waals surface area contributed by atoms with E-state index in [-0.39, 0.29) is 22.6 Å². The van der Waals surface area contributed by atoms with Crippen LogP contribution in [-0.2, 0) is 19.6 Å². The van der Waals surface area contributed by atoms with Crippen molar-refractivity contribution in [3.63, 3.8) is 0 Å². The van der Waals surface area contributed by atoms with Gasteiger partial charge in [0.25, 0.3) is 10.0 Å². The van der Waals surface area contributed by atoms with Gasteiger partial charge in [0, 0.05) is 0 Å². The van der Waals surface area contributed by atoms with E-state index >= 15 is 0 Å². The zero-order valence-corrected chi connectivity index (χ0v) is 14.2. The van der Waals surface area contributed by atoms with Crippen LogP contribution in [0.25, 0.3) is 0 Å². The number of rotatable bonds is 7. The zero-order chi connectivity index (χ0) is 18.6. The normalized spacial score (nSPS) is 12.4. The highest BCUT2D eigenvalue weighted by Crippen LogP contribution is 2.34. The van der Waals surface area contributed by atoms with Gasteiger partial charge in [-0.3, -0.25) is 9.10 Å². The van der Waals surface area contributed by atoms with Gasteiger partial charge in [-0.05, 0) is 36.8 Å². The van der Waals surface area contributed by atoms with Crippen LogP contribution in [0.15, 0.2) is 53.4 Å². The number of aryl methyl sites for hydroxylation is 1. The van der Waals surface area contributed by atoms with E-state index in [0.717, 1.165) is 0 Å². The number of carboxylic acid groups (broad SMARTS) is 1. The lowest BCUT2D eigenvalue weighted by atomic mass is 10.1. The molecule has 2 aromatic rings. The number of aromatic hydroxyl groups is 1. The Labute approximate surface area is 145 Å². The molecule has 0 amide bonds. The maximum atomic E-state index is 13.0. The maximum Gasteiger partial charge on any atom is 0.305 e. The van der Waals surface area contributed by atoms with Crippen molar-refractivity contribution in [2.24, 2.45) is 0 Å². The number of carbonyl (C=O) groups excluding carboxylic acids is 1. The molecule has 0 heterocycles. The maximum absolute atomic E-state index is 13.0. The number of carboxylic acids is 1. The van der Waals surface area contributed by atoms with Crippen LogP contribution >= 0.6 is 0 Å².